The summed E-state index contributed by atoms with van der Waals surface area (Å²) in [7, 11) is 4.59. The first-order chi connectivity index (χ1) is 15.0. The zero-order valence-corrected chi connectivity index (χ0v) is 18.8. The lowest BCUT2D eigenvalue weighted by atomic mass is 10.2. The standard InChI is InChI=1S/C21H25N5O4S/c1-13-12-26-16(20(22-13)25-5-7-31-8-6-25)11-15(24-26)21(27)23-14-9-17(28-2)19(30-4)18(10-14)29-3/h9-12H,5-8H2,1-4H3,(H,23,27). The Morgan fingerprint density at radius 2 is 1.74 bits per heavy atom. The monoisotopic (exact) mass is 443 g/mol. The van der Waals surface area contributed by atoms with Crippen LogP contribution in [-0.2, 0) is 0 Å². The Morgan fingerprint density at radius 1 is 1.06 bits per heavy atom. The number of thioether (sulfide) groups is 1. The van der Waals surface area contributed by atoms with Crippen molar-refractivity contribution >= 4 is 34.7 Å². The van der Waals surface area contributed by atoms with Gasteiger partial charge in [0.25, 0.3) is 5.91 Å². The zero-order chi connectivity index (χ0) is 22.0. The molecule has 3 heterocycles. The largest absolute Gasteiger partial charge is 0.493 e. The van der Waals surface area contributed by atoms with Crippen LogP contribution in [-0.4, -0.2) is 66.4 Å². The second kappa shape index (κ2) is 8.93. The lowest BCUT2D eigenvalue weighted by molar-refractivity contribution is 0.102. The lowest BCUT2D eigenvalue weighted by Gasteiger charge is -2.28. The molecule has 0 saturated carbocycles. The average Bonchev–Trinajstić information content (AvgIpc) is 3.22. The SMILES string of the molecule is COc1cc(NC(=O)c2cc3c(N4CCSCC4)nc(C)cn3n2)cc(OC)c1OC. The third-order valence-corrected chi connectivity index (χ3v) is 5.96. The molecular weight excluding hydrogens is 418 g/mol. The number of carbonyl (C=O) groups is 1. The molecule has 4 rings (SSSR count). The minimum atomic E-state index is -0.337. The summed E-state index contributed by atoms with van der Waals surface area (Å²) >= 11 is 1.94. The second-order valence-corrected chi connectivity index (χ2v) is 8.26. The Labute approximate surface area is 184 Å². The van der Waals surface area contributed by atoms with E-state index in [0.29, 0.717) is 28.6 Å². The molecule has 0 aliphatic carbocycles. The van der Waals surface area contributed by atoms with Crippen LogP contribution in [0.3, 0.4) is 0 Å². The summed E-state index contributed by atoms with van der Waals surface area (Å²) in [4.78, 5) is 19.9. The van der Waals surface area contributed by atoms with Gasteiger partial charge in [-0.25, -0.2) is 9.50 Å². The molecule has 0 radical (unpaired) electrons. The van der Waals surface area contributed by atoms with E-state index >= 15 is 0 Å². The van der Waals surface area contributed by atoms with Gasteiger partial charge in [-0.3, -0.25) is 4.79 Å². The van der Waals surface area contributed by atoms with Crippen molar-refractivity contribution in [1.82, 2.24) is 14.6 Å². The van der Waals surface area contributed by atoms with Gasteiger partial charge >= 0.3 is 0 Å². The van der Waals surface area contributed by atoms with Crippen LogP contribution in [0.15, 0.2) is 24.4 Å². The number of methoxy groups -OCH3 is 3. The predicted octanol–water partition coefficient (Wildman–Crippen LogP) is 2.87. The number of fused-ring (bicyclic) bond motifs is 1. The first-order valence-electron chi connectivity index (χ1n) is 9.85. The van der Waals surface area contributed by atoms with Crippen molar-refractivity contribution in [2.45, 2.75) is 6.92 Å². The van der Waals surface area contributed by atoms with Crippen molar-refractivity contribution in [2.75, 3.05) is 56.1 Å². The van der Waals surface area contributed by atoms with E-state index < -0.39 is 0 Å². The molecule has 10 heteroatoms. The normalized spacial score (nSPS) is 13.9. The van der Waals surface area contributed by atoms with Gasteiger partial charge in [0.1, 0.15) is 5.52 Å². The number of hydrogen-bond acceptors (Lipinski definition) is 8. The molecule has 164 valence electrons. The molecule has 1 amide bonds. The molecule has 2 aromatic heterocycles. The zero-order valence-electron chi connectivity index (χ0n) is 18.0. The highest BCUT2D eigenvalue weighted by molar-refractivity contribution is 7.99. The molecule has 9 nitrogen and oxygen atoms in total. The van der Waals surface area contributed by atoms with Crippen molar-refractivity contribution in [3.8, 4) is 17.2 Å². The summed E-state index contributed by atoms with van der Waals surface area (Å²) in [6, 6.07) is 5.13. The number of anilines is 2. The molecule has 1 aromatic carbocycles. The first-order valence-corrected chi connectivity index (χ1v) is 11.0. The summed E-state index contributed by atoms with van der Waals surface area (Å²) in [5.41, 5.74) is 2.47. The highest BCUT2D eigenvalue weighted by atomic mass is 32.2. The molecule has 0 bridgehead atoms. The fraction of sp³-hybridized carbons (Fsp3) is 0.381. The van der Waals surface area contributed by atoms with Crippen LogP contribution in [0.4, 0.5) is 11.5 Å². The Hall–Kier alpha value is -3.14. The number of nitrogens with zero attached hydrogens (tertiary/aromatic N) is 4. The number of hydrogen-bond donors (Lipinski definition) is 1. The van der Waals surface area contributed by atoms with Gasteiger partial charge in [0.2, 0.25) is 5.75 Å². The molecule has 1 aliphatic rings. The maximum atomic E-state index is 13.0. The maximum absolute atomic E-state index is 13.0. The number of carbonyl (C=O) groups excluding carboxylic acids is 1. The molecule has 0 atom stereocenters. The van der Waals surface area contributed by atoms with Crippen molar-refractivity contribution < 1.29 is 19.0 Å². The highest BCUT2D eigenvalue weighted by Gasteiger charge is 2.21. The van der Waals surface area contributed by atoms with Gasteiger partial charge in [-0.05, 0) is 6.92 Å². The smallest absolute Gasteiger partial charge is 0.276 e. The Balaban J connectivity index is 1.66. The number of aromatic nitrogens is 3. The van der Waals surface area contributed by atoms with Crippen LogP contribution < -0.4 is 24.4 Å². The van der Waals surface area contributed by atoms with Crippen LogP contribution in [0.1, 0.15) is 16.2 Å². The molecule has 1 fully saturated rings. The van der Waals surface area contributed by atoms with E-state index in [1.54, 1.807) is 22.7 Å². The molecule has 3 aromatic rings. The van der Waals surface area contributed by atoms with Gasteiger partial charge in [0.05, 0.1) is 33.2 Å². The average molecular weight is 444 g/mol. The lowest BCUT2D eigenvalue weighted by Crippen LogP contribution is -2.33. The Bertz CT molecular complexity index is 1090. The second-order valence-electron chi connectivity index (χ2n) is 7.03. The molecular formula is C21H25N5O4S. The van der Waals surface area contributed by atoms with Crippen LogP contribution in [0.2, 0.25) is 0 Å². The van der Waals surface area contributed by atoms with Gasteiger partial charge in [0.15, 0.2) is 23.0 Å². The van der Waals surface area contributed by atoms with Crippen molar-refractivity contribution in [3.05, 3.63) is 35.8 Å². The summed E-state index contributed by atoms with van der Waals surface area (Å²) < 4.78 is 17.8. The Morgan fingerprint density at radius 3 is 2.35 bits per heavy atom. The number of benzene rings is 1. The summed E-state index contributed by atoms with van der Waals surface area (Å²) in [6.45, 7) is 3.78. The van der Waals surface area contributed by atoms with Gasteiger partial charge in [-0.1, -0.05) is 0 Å². The van der Waals surface area contributed by atoms with Gasteiger partial charge in [-0.2, -0.15) is 16.9 Å². The van der Waals surface area contributed by atoms with E-state index in [1.807, 2.05) is 24.9 Å². The summed E-state index contributed by atoms with van der Waals surface area (Å²) in [5, 5.41) is 7.36. The van der Waals surface area contributed by atoms with Crippen LogP contribution in [0.5, 0.6) is 17.2 Å². The predicted molar refractivity (Wildman–Crippen MR) is 121 cm³/mol. The number of nitrogens with one attached hydrogen (secondary N) is 1. The third-order valence-electron chi connectivity index (χ3n) is 5.02. The molecule has 31 heavy (non-hydrogen) atoms. The van der Waals surface area contributed by atoms with E-state index in [-0.39, 0.29) is 5.91 Å². The number of ether oxygens (including phenoxy) is 3. The van der Waals surface area contributed by atoms with Crippen molar-refractivity contribution in [2.24, 2.45) is 0 Å². The quantitative estimate of drug-likeness (QED) is 0.622. The first kappa shape index (κ1) is 21.1. The fourth-order valence-electron chi connectivity index (χ4n) is 3.56. The number of rotatable bonds is 6. The molecule has 1 saturated heterocycles. The molecule has 1 aliphatic heterocycles. The third kappa shape index (κ3) is 4.20. The van der Waals surface area contributed by atoms with E-state index in [0.717, 1.165) is 41.6 Å². The van der Waals surface area contributed by atoms with Gasteiger partial charge < -0.3 is 24.4 Å². The van der Waals surface area contributed by atoms with E-state index in [1.165, 1.54) is 21.3 Å². The topological polar surface area (TPSA) is 90.2 Å². The molecule has 1 N–H and O–H groups in total. The molecule has 0 unspecified atom stereocenters. The van der Waals surface area contributed by atoms with Crippen LogP contribution in [0.25, 0.3) is 5.52 Å². The van der Waals surface area contributed by atoms with Crippen molar-refractivity contribution in [3.63, 3.8) is 0 Å². The number of aryl methyl sites for hydroxylation is 1. The minimum Gasteiger partial charge on any atom is -0.493 e. The Kier molecular flexibility index (Phi) is 6.08. The van der Waals surface area contributed by atoms with Crippen LogP contribution in [0, 0.1) is 6.92 Å². The van der Waals surface area contributed by atoms with E-state index in [2.05, 4.69) is 15.3 Å². The summed E-state index contributed by atoms with van der Waals surface area (Å²) in [6.07, 6.45) is 1.83. The van der Waals surface area contributed by atoms with Crippen LogP contribution >= 0.6 is 11.8 Å². The van der Waals surface area contributed by atoms with Gasteiger partial charge in [-0.15, -0.1) is 0 Å². The minimum absolute atomic E-state index is 0.300. The fourth-order valence-corrected chi connectivity index (χ4v) is 4.46. The summed E-state index contributed by atoms with van der Waals surface area (Å²) in [5.74, 6) is 4.01. The van der Waals surface area contributed by atoms with E-state index in [9.17, 15) is 4.79 Å². The maximum Gasteiger partial charge on any atom is 0.276 e. The highest BCUT2D eigenvalue weighted by Crippen LogP contribution is 2.40. The molecule has 0 spiro atoms. The van der Waals surface area contributed by atoms with Crippen molar-refractivity contribution in [1.29, 1.82) is 0 Å². The number of amides is 1. The van der Waals surface area contributed by atoms with E-state index in [4.69, 9.17) is 19.2 Å². The van der Waals surface area contributed by atoms with Gasteiger partial charge in [0, 0.05) is 48.5 Å².